The highest BCUT2D eigenvalue weighted by Crippen LogP contribution is 2.29. The zero-order valence-corrected chi connectivity index (χ0v) is 11.3. The fourth-order valence-electron chi connectivity index (χ4n) is 1.62. The molecule has 1 rings (SSSR count). The van der Waals surface area contributed by atoms with Crippen LogP contribution in [0.1, 0.15) is 19.4 Å². The summed E-state index contributed by atoms with van der Waals surface area (Å²) >= 11 is 12.0. The fraction of sp³-hybridized carbons (Fsp3) is 0.455. The van der Waals surface area contributed by atoms with E-state index < -0.39 is 8.11 Å². The molecule has 0 heterocycles. The smallest absolute Gasteiger partial charge is 0.156 e. The van der Waals surface area contributed by atoms with Gasteiger partial charge in [-0.05, 0) is 17.0 Å². The number of rotatable bonds is 4. The van der Waals surface area contributed by atoms with E-state index in [4.69, 9.17) is 22.7 Å². The van der Waals surface area contributed by atoms with Gasteiger partial charge in [-0.1, -0.05) is 44.2 Å². The summed E-state index contributed by atoms with van der Waals surface area (Å²) in [6.45, 7) is 4.47. The van der Waals surface area contributed by atoms with Crippen molar-refractivity contribution in [3.05, 3.63) is 35.9 Å². The molecule has 0 aliphatic rings. The van der Waals surface area contributed by atoms with Gasteiger partial charge in [0, 0.05) is 5.50 Å². The largest absolute Gasteiger partial charge is 0.170 e. The average Bonchev–Trinajstić information content (AvgIpc) is 2.18. The van der Waals surface area contributed by atoms with Crippen molar-refractivity contribution < 1.29 is 0 Å². The van der Waals surface area contributed by atoms with Crippen molar-refractivity contribution in [2.45, 2.75) is 25.3 Å². The molecular weight excluding hydrogens is 231 g/mol. The molecule has 1 aromatic carbocycles. The summed E-state index contributed by atoms with van der Waals surface area (Å²) < 4.78 is 0. The van der Waals surface area contributed by atoms with Gasteiger partial charge < -0.3 is 0 Å². The number of benzene rings is 1. The van der Waals surface area contributed by atoms with Crippen LogP contribution in [0, 0.1) is 0 Å². The molecule has 78 valence electrons. The van der Waals surface area contributed by atoms with Gasteiger partial charge in [0.05, 0.1) is 0 Å². The van der Waals surface area contributed by atoms with Gasteiger partial charge in [0.25, 0.3) is 0 Å². The fourth-order valence-corrected chi connectivity index (χ4v) is 4.55. The van der Waals surface area contributed by atoms with Crippen molar-refractivity contribution in [2.75, 3.05) is 5.50 Å². The van der Waals surface area contributed by atoms with Crippen LogP contribution in [0.3, 0.4) is 0 Å². The Balaban J connectivity index is 2.75. The summed E-state index contributed by atoms with van der Waals surface area (Å²) in [5, 5.41) is 0. The van der Waals surface area contributed by atoms with E-state index in [2.05, 4.69) is 38.1 Å². The van der Waals surface area contributed by atoms with E-state index in [0.717, 1.165) is 6.04 Å². The maximum atomic E-state index is 6.21. The van der Waals surface area contributed by atoms with Crippen LogP contribution >= 0.6 is 22.7 Å². The molecule has 3 heteroatoms. The van der Waals surface area contributed by atoms with Crippen LogP contribution < -0.4 is 0 Å². The Hall–Kier alpha value is 0.0169. The van der Waals surface area contributed by atoms with E-state index in [0.29, 0.717) is 5.50 Å². The zero-order valence-electron chi connectivity index (χ0n) is 8.63. The Morgan fingerprint density at radius 1 is 1.21 bits per heavy atom. The highest BCUT2D eigenvalue weighted by molar-refractivity contribution is 7.09. The van der Waals surface area contributed by atoms with Crippen LogP contribution in [0.2, 0.25) is 6.04 Å². The summed E-state index contributed by atoms with van der Waals surface area (Å²) in [5.41, 5.74) is 2.16. The summed E-state index contributed by atoms with van der Waals surface area (Å²) in [4.78, 5) is 0. The Bertz CT molecular complexity index is 272. The molecule has 0 amide bonds. The maximum Gasteiger partial charge on any atom is 0.156 e. The van der Waals surface area contributed by atoms with Gasteiger partial charge in [-0.15, -0.1) is 11.6 Å². The van der Waals surface area contributed by atoms with Crippen molar-refractivity contribution in [1.82, 2.24) is 0 Å². The molecule has 14 heavy (non-hydrogen) atoms. The summed E-state index contributed by atoms with van der Waals surface area (Å²) in [6, 6.07) is 11.5. The van der Waals surface area contributed by atoms with Crippen molar-refractivity contribution in [2.24, 2.45) is 0 Å². The lowest BCUT2D eigenvalue weighted by molar-refractivity contribution is 0.586. The molecule has 0 radical (unpaired) electrons. The first-order valence-corrected chi connectivity index (χ1v) is 8.73. The van der Waals surface area contributed by atoms with Crippen LogP contribution in [0.4, 0.5) is 0 Å². The predicted molar refractivity (Wildman–Crippen MR) is 68.0 cm³/mol. The third kappa shape index (κ3) is 3.30. The van der Waals surface area contributed by atoms with Crippen molar-refractivity contribution in [1.29, 1.82) is 0 Å². The molecule has 0 saturated heterocycles. The summed E-state index contributed by atoms with van der Waals surface area (Å²) in [5.74, 6) is 0. The summed E-state index contributed by atoms with van der Waals surface area (Å²) in [6.07, 6.45) is 0. The molecule has 1 atom stereocenters. The molecule has 0 aliphatic carbocycles. The quantitative estimate of drug-likeness (QED) is 0.432. The second-order valence-electron chi connectivity index (χ2n) is 4.21. The first-order valence-electron chi connectivity index (χ1n) is 4.82. The van der Waals surface area contributed by atoms with Crippen LogP contribution in [0.15, 0.2) is 30.3 Å². The van der Waals surface area contributed by atoms with E-state index in [9.17, 15) is 0 Å². The molecule has 0 N–H and O–H groups in total. The van der Waals surface area contributed by atoms with E-state index in [1.165, 1.54) is 5.56 Å². The molecular formula is C11H16Cl2Si. The molecule has 1 unspecified atom stereocenters. The van der Waals surface area contributed by atoms with Gasteiger partial charge >= 0.3 is 0 Å². The van der Waals surface area contributed by atoms with Crippen LogP contribution in [0.5, 0.6) is 0 Å². The third-order valence-electron chi connectivity index (χ3n) is 2.45. The van der Waals surface area contributed by atoms with Crippen LogP contribution in [-0.4, -0.2) is 13.6 Å². The van der Waals surface area contributed by atoms with Gasteiger partial charge in [-0.2, -0.15) is 11.1 Å². The topological polar surface area (TPSA) is 0 Å². The van der Waals surface area contributed by atoms with Gasteiger partial charge in [0.2, 0.25) is 0 Å². The van der Waals surface area contributed by atoms with Gasteiger partial charge in [-0.25, -0.2) is 0 Å². The minimum atomic E-state index is -1.24. The van der Waals surface area contributed by atoms with E-state index in [1.807, 2.05) is 6.07 Å². The molecule has 0 spiro atoms. The standard InChI is InChI=1S/C11H16Cl2Si/c1-11(2,8-14(13)9-12)10-6-4-3-5-7-10/h3-7,14H,8-9H2,1-2H3. The van der Waals surface area contributed by atoms with Crippen LogP contribution in [0.25, 0.3) is 0 Å². The first kappa shape index (κ1) is 12.1. The van der Waals surface area contributed by atoms with Gasteiger partial charge in [-0.3, -0.25) is 0 Å². The lowest BCUT2D eigenvalue weighted by Crippen LogP contribution is -2.24. The molecule has 0 aliphatic heterocycles. The number of alkyl halides is 1. The van der Waals surface area contributed by atoms with E-state index in [-0.39, 0.29) is 5.41 Å². The van der Waals surface area contributed by atoms with Crippen molar-refractivity contribution in [3.63, 3.8) is 0 Å². The van der Waals surface area contributed by atoms with Crippen molar-refractivity contribution >= 4 is 30.8 Å². The van der Waals surface area contributed by atoms with Crippen molar-refractivity contribution in [3.8, 4) is 0 Å². The average molecular weight is 247 g/mol. The number of hydrogen-bond donors (Lipinski definition) is 0. The second-order valence-corrected chi connectivity index (χ2v) is 8.89. The molecule has 0 bridgehead atoms. The SMILES string of the molecule is CC(C)(C[SiH](Cl)CCl)c1ccccc1. The lowest BCUT2D eigenvalue weighted by Gasteiger charge is -2.26. The number of hydrogen-bond acceptors (Lipinski definition) is 0. The normalized spacial score (nSPS) is 14.0. The Kier molecular flexibility index (Phi) is 4.49. The van der Waals surface area contributed by atoms with E-state index in [1.54, 1.807) is 0 Å². The number of halogens is 2. The predicted octanol–water partition coefficient (Wildman–Crippen LogP) is 3.70. The Morgan fingerprint density at radius 2 is 1.79 bits per heavy atom. The summed E-state index contributed by atoms with van der Waals surface area (Å²) in [7, 11) is -1.24. The van der Waals surface area contributed by atoms with Gasteiger partial charge in [0.15, 0.2) is 8.11 Å². The molecule has 1 aromatic rings. The highest BCUT2D eigenvalue weighted by atomic mass is 35.6. The second kappa shape index (κ2) is 5.20. The third-order valence-corrected chi connectivity index (χ3v) is 6.77. The van der Waals surface area contributed by atoms with Gasteiger partial charge in [0.1, 0.15) is 0 Å². The lowest BCUT2D eigenvalue weighted by atomic mass is 9.87. The monoisotopic (exact) mass is 246 g/mol. The maximum absolute atomic E-state index is 6.21. The van der Waals surface area contributed by atoms with E-state index >= 15 is 0 Å². The first-order chi connectivity index (χ1) is 6.56. The zero-order chi connectivity index (χ0) is 10.6. The molecule has 0 fully saturated rings. The Labute approximate surface area is 97.5 Å². The minimum absolute atomic E-state index is 0.161. The molecule has 0 aromatic heterocycles. The Morgan fingerprint density at radius 3 is 2.29 bits per heavy atom. The molecule has 0 nitrogen and oxygen atoms in total. The molecule has 0 saturated carbocycles. The minimum Gasteiger partial charge on any atom is -0.170 e. The van der Waals surface area contributed by atoms with Crippen LogP contribution in [-0.2, 0) is 5.41 Å². The highest BCUT2D eigenvalue weighted by Gasteiger charge is 2.24.